The van der Waals surface area contributed by atoms with E-state index in [0.717, 1.165) is 0 Å². The van der Waals surface area contributed by atoms with Gasteiger partial charge in [0.1, 0.15) is 18.1 Å². The maximum absolute atomic E-state index is 13.1. The lowest BCUT2D eigenvalue weighted by Gasteiger charge is -2.14. The lowest BCUT2D eigenvalue weighted by molar-refractivity contribution is -0.116. The molecule has 0 aliphatic rings. The molecule has 0 unspecified atom stereocenters. The minimum Gasteiger partial charge on any atom is -0.497 e. The van der Waals surface area contributed by atoms with Crippen molar-refractivity contribution in [1.29, 1.82) is 0 Å². The van der Waals surface area contributed by atoms with Gasteiger partial charge in [-0.3, -0.25) is 19.4 Å². The fourth-order valence-corrected chi connectivity index (χ4v) is 3.34. The molecule has 1 amide bonds. The summed E-state index contributed by atoms with van der Waals surface area (Å²) < 4.78 is 19.9. The van der Waals surface area contributed by atoms with Gasteiger partial charge in [0.15, 0.2) is 5.78 Å². The monoisotopic (exact) mass is 431 g/mol. The Hall–Kier alpha value is -4.33. The highest BCUT2D eigenvalue weighted by Gasteiger charge is 2.18. The normalized spacial score (nSPS) is 10.7. The number of anilines is 1. The van der Waals surface area contributed by atoms with Crippen LogP contribution in [0.5, 0.6) is 5.75 Å². The van der Waals surface area contributed by atoms with E-state index < -0.39 is 22.9 Å². The summed E-state index contributed by atoms with van der Waals surface area (Å²) in [6.07, 6.45) is 4.30. The molecule has 2 aromatic carbocycles. The third-order valence-corrected chi connectivity index (χ3v) is 4.92. The van der Waals surface area contributed by atoms with Gasteiger partial charge in [-0.2, -0.15) is 0 Å². The fourth-order valence-electron chi connectivity index (χ4n) is 3.34. The van der Waals surface area contributed by atoms with Gasteiger partial charge in [-0.1, -0.05) is 0 Å². The molecule has 7 nitrogen and oxygen atoms in total. The summed E-state index contributed by atoms with van der Waals surface area (Å²) in [6.45, 7) is -0.183. The topological polar surface area (TPSA) is 90.3 Å². The highest BCUT2D eigenvalue weighted by molar-refractivity contribution is 6.10. The van der Waals surface area contributed by atoms with E-state index in [1.165, 1.54) is 66.7 Å². The van der Waals surface area contributed by atoms with Crippen molar-refractivity contribution in [3.8, 4) is 5.75 Å². The first kappa shape index (κ1) is 20.9. The van der Waals surface area contributed by atoms with E-state index in [1.54, 1.807) is 18.2 Å². The van der Waals surface area contributed by atoms with E-state index in [9.17, 15) is 18.8 Å². The summed E-state index contributed by atoms with van der Waals surface area (Å²) in [7, 11) is 1.49. The molecule has 0 saturated carbocycles. The van der Waals surface area contributed by atoms with Crippen molar-refractivity contribution < 1.29 is 18.7 Å². The van der Waals surface area contributed by atoms with Crippen LogP contribution in [-0.2, 0) is 11.3 Å². The number of fused-ring (bicyclic) bond motifs is 1. The van der Waals surface area contributed by atoms with E-state index >= 15 is 0 Å². The van der Waals surface area contributed by atoms with Crippen LogP contribution < -0.4 is 15.5 Å². The molecule has 0 radical (unpaired) electrons. The standard InChI is InChI=1S/C24H18FN3O4/c1-32-18-6-7-19-21(12-18)28(14-22(29)27-17-4-2-16(25)3-5-17)13-20(24(19)31)23(30)15-8-10-26-11-9-15/h2-13H,14H2,1H3,(H,27,29). The molecule has 1 N–H and O–H groups in total. The largest absolute Gasteiger partial charge is 0.497 e. The van der Waals surface area contributed by atoms with Gasteiger partial charge in [0.25, 0.3) is 0 Å². The number of hydrogen-bond acceptors (Lipinski definition) is 5. The molecule has 0 saturated heterocycles. The van der Waals surface area contributed by atoms with Crippen LogP contribution in [0.2, 0.25) is 0 Å². The SMILES string of the molecule is COc1ccc2c(=O)c(C(=O)c3ccncc3)cn(CC(=O)Nc3ccc(F)cc3)c2c1. The smallest absolute Gasteiger partial charge is 0.244 e. The van der Waals surface area contributed by atoms with Gasteiger partial charge in [0.2, 0.25) is 11.3 Å². The Morgan fingerprint density at radius 2 is 1.78 bits per heavy atom. The third-order valence-electron chi connectivity index (χ3n) is 4.92. The molecular formula is C24H18FN3O4. The van der Waals surface area contributed by atoms with E-state index in [4.69, 9.17) is 4.74 Å². The number of benzene rings is 2. The molecule has 8 heteroatoms. The number of hydrogen-bond donors (Lipinski definition) is 1. The first-order valence-electron chi connectivity index (χ1n) is 9.67. The number of aromatic nitrogens is 2. The average molecular weight is 431 g/mol. The molecule has 0 fully saturated rings. The van der Waals surface area contributed by atoms with Crippen molar-refractivity contribution in [2.75, 3.05) is 12.4 Å². The number of pyridine rings is 2. The molecule has 0 aliphatic carbocycles. The highest BCUT2D eigenvalue weighted by Crippen LogP contribution is 2.20. The second kappa shape index (κ2) is 8.81. The Bertz CT molecular complexity index is 1370. The molecule has 2 aromatic heterocycles. The number of ether oxygens (including phenoxy) is 1. The van der Waals surface area contributed by atoms with Gasteiger partial charge >= 0.3 is 0 Å². The molecule has 4 aromatic rings. The van der Waals surface area contributed by atoms with Crippen LogP contribution in [0.15, 0.2) is 78.0 Å². The molecule has 0 atom stereocenters. The van der Waals surface area contributed by atoms with E-state index in [-0.39, 0.29) is 17.5 Å². The summed E-state index contributed by atoms with van der Waals surface area (Å²) in [5.74, 6) is -0.798. The number of rotatable bonds is 6. The van der Waals surface area contributed by atoms with E-state index in [0.29, 0.717) is 22.5 Å². The summed E-state index contributed by atoms with van der Waals surface area (Å²) in [4.78, 5) is 42.6. The van der Waals surface area contributed by atoms with Crippen LogP contribution in [0.3, 0.4) is 0 Å². The van der Waals surface area contributed by atoms with Gasteiger partial charge < -0.3 is 14.6 Å². The minimum absolute atomic E-state index is 0.0663. The van der Waals surface area contributed by atoms with Gasteiger partial charge in [0, 0.05) is 41.3 Å². The van der Waals surface area contributed by atoms with Crippen molar-refractivity contribution in [2.24, 2.45) is 0 Å². The zero-order valence-electron chi connectivity index (χ0n) is 17.0. The third kappa shape index (κ3) is 4.24. The number of halogens is 1. The van der Waals surface area contributed by atoms with Gasteiger partial charge in [0.05, 0.1) is 18.2 Å². The van der Waals surface area contributed by atoms with Crippen LogP contribution in [0, 0.1) is 5.82 Å². The number of carbonyl (C=O) groups is 2. The van der Waals surface area contributed by atoms with Crippen molar-refractivity contribution >= 4 is 28.3 Å². The minimum atomic E-state index is -0.470. The summed E-state index contributed by atoms with van der Waals surface area (Å²) in [5, 5.41) is 2.95. The molecular weight excluding hydrogens is 413 g/mol. The van der Waals surface area contributed by atoms with Crippen molar-refractivity contribution in [3.63, 3.8) is 0 Å². The predicted octanol–water partition coefficient (Wildman–Crippen LogP) is 3.41. The lowest BCUT2D eigenvalue weighted by Crippen LogP contribution is -2.24. The van der Waals surface area contributed by atoms with Crippen molar-refractivity contribution in [2.45, 2.75) is 6.54 Å². The summed E-state index contributed by atoms with van der Waals surface area (Å²) in [5.41, 5.74) is 0.665. The maximum atomic E-state index is 13.1. The van der Waals surface area contributed by atoms with Crippen molar-refractivity contribution in [3.05, 3.63) is 100 Å². The Morgan fingerprint density at radius 3 is 2.47 bits per heavy atom. The Kier molecular flexibility index (Phi) is 5.76. The number of nitrogens with zero attached hydrogens (tertiary/aromatic N) is 2. The second-order valence-corrected chi connectivity index (χ2v) is 7.00. The fraction of sp³-hybridized carbons (Fsp3) is 0.0833. The molecule has 0 spiro atoms. The lowest BCUT2D eigenvalue weighted by atomic mass is 10.0. The number of carbonyl (C=O) groups excluding carboxylic acids is 2. The number of amides is 1. The molecule has 2 heterocycles. The Balaban J connectivity index is 1.77. The van der Waals surface area contributed by atoms with Crippen LogP contribution in [-0.4, -0.2) is 28.4 Å². The number of methoxy groups -OCH3 is 1. The van der Waals surface area contributed by atoms with Crippen LogP contribution in [0.25, 0.3) is 10.9 Å². The highest BCUT2D eigenvalue weighted by atomic mass is 19.1. The molecule has 160 valence electrons. The van der Waals surface area contributed by atoms with E-state index in [2.05, 4.69) is 10.3 Å². The van der Waals surface area contributed by atoms with Crippen LogP contribution >= 0.6 is 0 Å². The average Bonchev–Trinajstić information content (AvgIpc) is 2.82. The molecule has 32 heavy (non-hydrogen) atoms. The first-order chi connectivity index (χ1) is 15.5. The molecule has 0 bridgehead atoms. The van der Waals surface area contributed by atoms with E-state index in [1.807, 2.05) is 0 Å². The zero-order valence-corrected chi connectivity index (χ0v) is 17.0. The van der Waals surface area contributed by atoms with Crippen LogP contribution in [0.1, 0.15) is 15.9 Å². The Labute approximate surface area is 182 Å². The summed E-state index contributed by atoms with van der Waals surface area (Å²) in [6, 6.07) is 13.2. The molecule has 0 aliphatic heterocycles. The summed E-state index contributed by atoms with van der Waals surface area (Å²) >= 11 is 0. The maximum Gasteiger partial charge on any atom is 0.244 e. The van der Waals surface area contributed by atoms with Crippen molar-refractivity contribution in [1.82, 2.24) is 9.55 Å². The van der Waals surface area contributed by atoms with Gasteiger partial charge in [-0.15, -0.1) is 0 Å². The zero-order chi connectivity index (χ0) is 22.7. The second-order valence-electron chi connectivity index (χ2n) is 7.00. The van der Waals surface area contributed by atoms with Gasteiger partial charge in [-0.25, -0.2) is 4.39 Å². The van der Waals surface area contributed by atoms with Gasteiger partial charge in [-0.05, 0) is 48.5 Å². The number of nitrogens with one attached hydrogen (secondary N) is 1. The molecule has 4 rings (SSSR count). The first-order valence-corrected chi connectivity index (χ1v) is 9.67. The Morgan fingerprint density at radius 1 is 1.06 bits per heavy atom. The quantitative estimate of drug-likeness (QED) is 0.473. The predicted molar refractivity (Wildman–Crippen MR) is 117 cm³/mol. The van der Waals surface area contributed by atoms with Crippen LogP contribution in [0.4, 0.5) is 10.1 Å². The number of ketones is 1.